The smallest absolute Gasteiger partial charge is 0.203 e. The number of fused-ring (bicyclic) bond motifs is 1. The predicted octanol–water partition coefficient (Wildman–Crippen LogP) is 4.18. The Kier molecular flexibility index (Phi) is 7.43. The van der Waals surface area contributed by atoms with Crippen molar-refractivity contribution in [3.63, 3.8) is 0 Å². The van der Waals surface area contributed by atoms with E-state index in [4.69, 9.17) is 28.3 Å². The van der Waals surface area contributed by atoms with Gasteiger partial charge in [-0.2, -0.15) is 0 Å². The quantitative estimate of drug-likeness (QED) is 0.280. The maximum absolute atomic E-state index is 13.5. The van der Waals surface area contributed by atoms with E-state index in [0.717, 1.165) is 0 Å². The number of carbonyl (C=O) groups is 1. The zero-order valence-electron chi connectivity index (χ0n) is 17.8. The van der Waals surface area contributed by atoms with Crippen LogP contribution in [0, 0.1) is 0 Å². The number of aromatic nitrogens is 1. The van der Waals surface area contributed by atoms with Gasteiger partial charge in [-0.1, -0.05) is 0 Å². The molecule has 0 bridgehead atoms. The SMILES string of the molecule is CCOc1ccc2c(C(=O)c3cc(OC)c(OCC)c(OC)c3)cncc2c1OSN. The van der Waals surface area contributed by atoms with E-state index >= 15 is 0 Å². The molecular formula is C22H24N2O6S. The molecule has 0 spiro atoms. The second kappa shape index (κ2) is 10.2. The van der Waals surface area contributed by atoms with Gasteiger partial charge in [0.15, 0.2) is 28.8 Å². The highest BCUT2D eigenvalue weighted by Gasteiger charge is 2.22. The third kappa shape index (κ3) is 4.47. The Labute approximate surface area is 184 Å². The van der Waals surface area contributed by atoms with Crippen LogP contribution in [-0.2, 0) is 0 Å². The first-order valence-electron chi connectivity index (χ1n) is 9.59. The Morgan fingerprint density at radius 3 is 2.19 bits per heavy atom. The summed E-state index contributed by atoms with van der Waals surface area (Å²) in [5.74, 6) is 1.92. The lowest BCUT2D eigenvalue weighted by Crippen LogP contribution is -2.06. The van der Waals surface area contributed by atoms with Crippen molar-refractivity contribution in [1.82, 2.24) is 4.98 Å². The van der Waals surface area contributed by atoms with E-state index in [1.165, 1.54) is 20.4 Å². The second-order valence-electron chi connectivity index (χ2n) is 6.26. The first kappa shape index (κ1) is 22.5. The zero-order chi connectivity index (χ0) is 22.4. The van der Waals surface area contributed by atoms with Gasteiger partial charge in [0.1, 0.15) is 12.2 Å². The van der Waals surface area contributed by atoms with Crippen molar-refractivity contribution in [1.29, 1.82) is 0 Å². The maximum Gasteiger partial charge on any atom is 0.203 e. The molecule has 164 valence electrons. The highest BCUT2D eigenvalue weighted by Crippen LogP contribution is 2.41. The molecule has 8 nitrogen and oxygen atoms in total. The van der Waals surface area contributed by atoms with Gasteiger partial charge in [0.05, 0.1) is 27.4 Å². The summed E-state index contributed by atoms with van der Waals surface area (Å²) < 4.78 is 27.6. The number of pyridine rings is 1. The summed E-state index contributed by atoms with van der Waals surface area (Å²) in [6.07, 6.45) is 3.12. The summed E-state index contributed by atoms with van der Waals surface area (Å²) in [4.78, 5) is 17.7. The highest BCUT2D eigenvalue weighted by molar-refractivity contribution is 7.92. The van der Waals surface area contributed by atoms with Crippen LogP contribution in [0.25, 0.3) is 10.8 Å². The molecule has 0 aliphatic rings. The van der Waals surface area contributed by atoms with E-state index in [0.29, 0.717) is 76.1 Å². The molecule has 1 heterocycles. The van der Waals surface area contributed by atoms with Gasteiger partial charge in [0, 0.05) is 28.9 Å². The number of hydrogen-bond acceptors (Lipinski definition) is 9. The largest absolute Gasteiger partial charge is 0.493 e. The number of nitrogens with two attached hydrogens (primary N) is 1. The molecule has 0 amide bonds. The first-order chi connectivity index (χ1) is 15.1. The summed E-state index contributed by atoms with van der Waals surface area (Å²) in [5, 5.41) is 6.78. The minimum Gasteiger partial charge on any atom is -0.493 e. The van der Waals surface area contributed by atoms with Gasteiger partial charge in [0.25, 0.3) is 0 Å². The monoisotopic (exact) mass is 444 g/mol. The van der Waals surface area contributed by atoms with Crippen molar-refractivity contribution >= 4 is 28.8 Å². The van der Waals surface area contributed by atoms with E-state index < -0.39 is 0 Å². The van der Waals surface area contributed by atoms with Crippen LogP contribution in [0.5, 0.6) is 28.7 Å². The van der Waals surface area contributed by atoms with Crippen LogP contribution >= 0.6 is 12.2 Å². The summed E-state index contributed by atoms with van der Waals surface area (Å²) in [5.41, 5.74) is 0.761. The highest BCUT2D eigenvalue weighted by atomic mass is 32.2. The van der Waals surface area contributed by atoms with Gasteiger partial charge in [-0.3, -0.25) is 9.78 Å². The van der Waals surface area contributed by atoms with Crippen molar-refractivity contribution in [2.45, 2.75) is 13.8 Å². The molecule has 9 heteroatoms. The van der Waals surface area contributed by atoms with E-state index in [2.05, 4.69) is 4.98 Å². The summed E-state index contributed by atoms with van der Waals surface area (Å²) in [6, 6.07) is 6.78. The first-order valence-corrected chi connectivity index (χ1v) is 10.4. The summed E-state index contributed by atoms with van der Waals surface area (Å²) in [7, 11) is 3.02. The maximum atomic E-state index is 13.5. The number of rotatable bonds is 10. The number of methoxy groups -OCH3 is 2. The van der Waals surface area contributed by atoms with Crippen molar-refractivity contribution in [2.24, 2.45) is 5.14 Å². The molecule has 0 unspecified atom stereocenters. The third-order valence-corrected chi connectivity index (χ3v) is 4.81. The van der Waals surface area contributed by atoms with E-state index in [1.54, 1.807) is 30.5 Å². The van der Waals surface area contributed by atoms with Gasteiger partial charge in [-0.05, 0) is 43.5 Å². The van der Waals surface area contributed by atoms with Crippen LogP contribution in [0.2, 0.25) is 0 Å². The van der Waals surface area contributed by atoms with Gasteiger partial charge in [-0.25, -0.2) is 5.14 Å². The Morgan fingerprint density at radius 1 is 0.935 bits per heavy atom. The molecular weight excluding hydrogens is 420 g/mol. The fraction of sp³-hybridized carbons (Fsp3) is 0.273. The topological polar surface area (TPSA) is 102 Å². The average molecular weight is 445 g/mol. The normalized spacial score (nSPS) is 10.6. The molecule has 3 rings (SSSR count). The Hall–Kier alpha value is -3.17. The van der Waals surface area contributed by atoms with Gasteiger partial charge in [-0.15, -0.1) is 0 Å². The lowest BCUT2D eigenvalue weighted by atomic mass is 9.98. The van der Waals surface area contributed by atoms with Crippen LogP contribution in [0.1, 0.15) is 29.8 Å². The Balaban J connectivity index is 2.16. The number of benzene rings is 2. The van der Waals surface area contributed by atoms with Gasteiger partial charge < -0.3 is 23.1 Å². The lowest BCUT2D eigenvalue weighted by molar-refractivity contribution is 0.103. The predicted molar refractivity (Wildman–Crippen MR) is 119 cm³/mol. The minimum atomic E-state index is -0.256. The van der Waals surface area contributed by atoms with Crippen molar-refractivity contribution in [3.05, 3.63) is 47.8 Å². The van der Waals surface area contributed by atoms with Crippen molar-refractivity contribution in [3.8, 4) is 28.7 Å². The number of ketones is 1. The minimum absolute atomic E-state index is 0.256. The Bertz CT molecular complexity index is 1060. The van der Waals surface area contributed by atoms with E-state index in [9.17, 15) is 4.79 Å². The van der Waals surface area contributed by atoms with Crippen LogP contribution in [0.3, 0.4) is 0 Å². The van der Waals surface area contributed by atoms with Gasteiger partial charge in [0.2, 0.25) is 5.75 Å². The standard InChI is InChI=1S/C22H24N2O6S/c1-5-28-17-8-7-14-15(11-24-12-16(14)21(17)30-31-23)20(25)13-9-18(26-3)22(29-6-2)19(10-13)27-4/h7-12H,5-6,23H2,1-4H3. The molecule has 2 aromatic carbocycles. The Morgan fingerprint density at radius 2 is 1.61 bits per heavy atom. The summed E-state index contributed by atoms with van der Waals surface area (Å²) in [6.45, 7) is 4.61. The molecule has 0 saturated carbocycles. The van der Waals surface area contributed by atoms with Crippen LogP contribution in [-0.4, -0.2) is 38.2 Å². The number of hydrogen-bond donors (Lipinski definition) is 1. The molecule has 0 saturated heterocycles. The van der Waals surface area contributed by atoms with Crippen molar-refractivity contribution in [2.75, 3.05) is 27.4 Å². The molecule has 3 aromatic rings. The van der Waals surface area contributed by atoms with E-state index in [-0.39, 0.29) is 5.78 Å². The molecule has 31 heavy (non-hydrogen) atoms. The summed E-state index contributed by atoms with van der Waals surface area (Å²) >= 11 is 0.697. The molecule has 0 fully saturated rings. The lowest BCUT2D eigenvalue weighted by Gasteiger charge is -2.16. The molecule has 0 radical (unpaired) electrons. The van der Waals surface area contributed by atoms with Gasteiger partial charge >= 0.3 is 0 Å². The number of carbonyl (C=O) groups excluding carboxylic acids is 1. The molecule has 1 aromatic heterocycles. The van der Waals surface area contributed by atoms with Crippen LogP contribution in [0.4, 0.5) is 0 Å². The van der Waals surface area contributed by atoms with Crippen LogP contribution < -0.4 is 28.3 Å². The molecule has 0 aliphatic heterocycles. The fourth-order valence-corrected chi connectivity index (χ4v) is 3.50. The molecule has 0 atom stereocenters. The molecule has 0 aliphatic carbocycles. The fourth-order valence-electron chi connectivity index (χ4n) is 3.24. The van der Waals surface area contributed by atoms with Crippen molar-refractivity contribution < 1.29 is 27.9 Å². The third-order valence-electron chi connectivity index (χ3n) is 4.54. The average Bonchev–Trinajstić information content (AvgIpc) is 2.80. The number of ether oxygens (including phenoxy) is 4. The second-order valence-corrected chi connectivity index (χ2v) is 6.62. The molecule has 2 N–H and O–H groups in total. The number of nitrogens with zero attached hydrogens (tertiary/aromatic N) is 1. The van der Waals surface area contributed by atoms with Crippen LogP contribution in [0.15, 0.2) is 36.7 Å². The van der Waals surface area contributed by atoms with E-state index in [1.807, 2.05) is 13.8 Å². The zero-order valence-corrected chi connectivity index (χ0v) is 18.6.